The molecule has 2 atom stereocenters. The maximum Gasteiger partial charge on any atom is 0.322 e. The summed E-state index contributed by atoms with van der Waals surface area (Å²) >= 11 is 0. The maximum absolute atomic E-state index is 13.0. The smallest absolute Gasteiger partial charge is 0.322 e. The second-order valence-electron chi connectivity index (χ2n) is 7.27. The van der Waals surface area contributed by atoms with Crippen molar-refractivity contribution in [2.75, 3.05) is 25.1 Å². The summed E-state index contributed by atoms with van der Waals surface area (Å²) in [7, 11) is 0. The van der Waals surface area contributed by atoms with Crippen molar-refractivity contribution < 1.29 is 19.1 Å². The molecular formula is C21H26N2O4. The number of ether oxygens (including phenoxy) is 1. The first-order valence-corrected chi connectivity index (χ1v) is 9.70. The van der Waals surface area contributed by atoms with Gasteiger partial charge in [-0.3, -0.25) is 0 Å². The van der Waals surface area contributed by atoms with E-state index in [9.17, 15) is 9.90 Å². The molecule has 0 unspecified atom stereocenters. The van der Waals surface area contributed by atoms with Crippen LogP contribution < -0.4 is 5.32 Å². The summed E-state index contributed by atoms with van der Waals surface area (Å²) in [5.74, 6) is 0.512. The number of carbonyl (C=O) groups excluding carboxylic acids is 1. The van der Waals surface area contributed by atoms with Crippen LogP contribution >= 0.6 is 0 Å². The van der Waals surface area contributed by atoms with E-state index in [0.29, 0.717) is 31.9 Å². The molecule has 6 nitrogen and oxygen atoms in total. The quantitative estimate of drug-likeness (QED) is 0.864. The van der Waals surface area contributed by atoms with Crippen LogP contribution in [0.2, 0.25) is 0 Å². The van der Waals surface area contributed by atoms with Crippen LogP contribution in [0.4, 0.5) is 10.5 Å². The minimum Gasteiger partial charge on any atom is -0.467 e. The number of rotatable bonds is 4. The van der Waals surface area contributed by atoms with Crippen molar-refractivity contribution in [1.29, 1.82) is 0 Å². The van der Waals surface area contributed by atoms with Crippen molar-refractivity contribution in [1.82, 2.24) is 4.90 Å². The Morgan fingerprint density at radius 2 is 2.15 bits per heavy atom. The van der Waals surface area contributed by atoms with Gasteiger partial charge in [-0.15, -0.1) is 0 Å². The molecule has 6 heteroatoms. The molecule has 2 N–H and O–H groups in total. The number of fused-ring (bicyclic) bond motifs is 1. The highest BCUT2D eigenvalue weighted by Gasteiger charge is 2.30. The van der Waals surface area contributed by atoms with Gasteiger partial charge in [0.05, 0.1) is 25.5 Å². The fraction of sp³-hybridized carbons (Fsp3) is 0.476. The number of amides is 2. The van der Waals surface area contributed by atoms with E-state index in [2.05, 4.69) is 11.4 Å². The van der Waals surface area contributed by atoms with Gasteiger partial charge >= 0.3 is 6.03 Å². The van der Waals surface area contributed by atoms with Gasteiger partial charge in [-0.25, -0.2) is 4.79 Å². The van der Waals surface area contributed by atoms with Crippen LogP contribution in [-0.2, 0) is 17.6 Å². The summed E-state index contributed by atoms with van der Waals surface area (Å²) in [6.07, 6.45) is 5.62. The van der Waals surface area contributed by atoms with E-state index in [1.54, 1.807) is 23.3 Å². The second kappa shape index (κ2) is 8.15. The number of carbonyl (C=O) groups is 1. The fourth-order valence-electron chi connectivity index (χ4n) is 4.06. The van der Waals surface area contributed by atoms with Crippen molar-refractivity contribution in [3.8, 4) is 0 Å². The molecule has 1 fully saturated rings. The van der Waals surface area contributed by atoms with E-state index in [4.69, 9.17) is 9.15 Å². The summed E-state index contributed by atoms with van der Waals surface area (Å²) < 4.78 is 10.8. The normalized spacial score (nSPS) is 20.8. The van der Waals surface area contributed by atoms with Crippen LogP contribution in [0.25, 0.3) is 0 Å². The summed E-state index contributed by atoms with van der Waals surface area (Å²) in [5, 5.41) is 13.5. The molecule has 1 aliphatic heterocycles. The first-order chi connectivity index (χ1) is 13.2. The summed E-state index contributed by atoms with van der Waals surface area (Å²) in [6.45, 7) is 1.43. The fourth-order valence-corrected chi connectivity index (χ4v) is 4.06. The molecule has 2 amide bonds. The van der Waals surface area contributed by atoms with E-state index < -0.39 is 6.10 Å². The van der Waals surface area contributed by atoms with Crippen molar-refractivity contribution in [2.45, 2.75) is 44.2 Å². The van der Waals surface area contributed by atoms with Crippen LogP contribution in [0, 0.1) is 0 Å². The Morgan fingerprint density at radius 3 is 3.00 bits per heavy atom. The third-order valence-electron chi connectivity index (χ3n) is 5.49. The van der Waals surface area contributed by atoms with Gasteiger partial charge in [0.1, 0.15) is 11.9 Å². The number of hydrogen-bond donors (Lipinski definition) is 2. The minimum atomic E-state index is -0.758. The molecule has 27 heavy (non-hydrogen) atoms. The number of aliphatic hydroxyl groups is 1. The number of aliphatic hydroxyl groups excluding tert-OH is 1. The van der Waals surface area contributed by atoms with Crippen LogP contribution in [0.3, 0.4) is 0 Å². The maximum atomic E-state index is 13.0. The lowest BCUT2D eigenvalue weighted by molar-refractivity contribution is -0.00713. The van der Waals surface area contributed by atoms with Crippen molar-refractivity contribution in [3.05, 3.63) is 53.5 Å². The van der Waals surface area contributed by atoms with E-state index >= 15 is 0 Å². The van der Waals surface area contributed by atoms with Crippen LogP contribution in [0.5, 0.6) is 0 Å². The minimum absolute atomic E-state index is 0.131. The van der Waals surface area contributed by atoms with E-state index in [-0.39, 0.29) is 12.1 Å². The van der Waals surface area contributed by atoms with Crippen LogP contribution in [0.15, 0.2) is 41.0 Å². The first kappa shape index (κ1) is 18.1. The van der Waals surface area contributed by atoms with Gasteiger partial charge in [-0.05, 0) is 55.0 Å². The zero-order valence-electron chi connectivity index (χ0n) is 15.4. The standard InChI is InChI=1S/C21H26N2O4/c24-19(20-9-4-11-27-20)13-16-14-26-12-10-23(16)21(25)22-18-8-3-6-15-5-1-2-7-17(15)18/h3-4,6,8-9,11,16,19,24H,1-2,5,7,10,12-14H2,(H,22,25)/t16-,19-/m0/s1. The average Bonchev–Trinajstić information content (AvgIpc) is 3.24. The van der Waals surface area contributed by atoms with E-state index in [0.717, 1.165) is 24.9 Å². The molecule has 4 rings (SSSR count). The Balaban J connectivity index is 1.46. The third-order valence-corrected chi connectivity index (χ3v) is 5.49. The van der Waals surface area contributed by atoms with Gasteiger partial charge in [0.15, 0.2) is 0 Å². The molecule has 1 aromatic carbocycles. The van der Waals surface area contributed by atoms with Crippen molar-refractivity contribution in [2.24, 2.45) is 0 Å². The number of benzene rings is 1. The second-order valence-corrected chi connectivity index (χ2v) is 7.27. The number of aryl methyl sites for hydroxylation is 1. The number of anilines is 1. The molecule has 1 aliphatic carbocycles. The molecule has 1 aromatic heterocycles. The van der Waals surface area contributed by atoms with Gasteiger partial charge in [0.2, 0.25) is 0 Å². The van der Waals surface area contributed by atoms with Gasteiger partial charge in [-0.1, -0.05) is 12.1 Å². The van der Waals surface area contributed by atoms with Gasteiger partial charge in [0.25, 0.3) is 0 Å². The topological polar surface area (TPSA) is 74.9 Å². The Kier molecular flexibility index (Phi) is 5.45. The Hall–Kier alpha value is -2.31. The van der Waals surface area contributed by atoms with E-state index in [1.165, 1.54) is 17.5 Å². The molecule has 0 saturated carbocycles. The van der Waals surface area contributed by atoms with Crippen molar-refractivity contribution in [3.63, 3.8) is 0 Å². The highest BCUT2D eigenvalue weighted by atomic mass is 16.5. The zero-order valence-corrected chi connectivity index (χ0v) is 15.4. The Morgan fingerprint density at radius 1 is 1.26 bits per heavy atom. The number of nitrogens with zero attached hydrogens (tertiary/aromatic N) is 1. The zero-order chi connectivity index (χ0) is 18.6. The lowest BCUT2D eigenvalue weighted by atomic mass is 9.90. The molecule has 1 saturated heterocycles. The molecule has 2 heterocycles. The van der Waals surface area contributed by atoms with Crippen molar-refractivity contribution >= 4 is 11.7 Å². The molecule has 0 spiro atoms. The third kappa shape index (κ3) is 4.01. The predicted octanol–water partition coefficient (Wildman–Crippen LogP) is 3.51. The summed E-state index contributed by atoms with van der Waals surface area (Å²) in [6, 6.07) is 9.31. The molecule has 144 valence electrons. The summed E-state index contributed by atoms with van der Waals surface area (Å²) in [4.78, 5) is 14.8. The molecule has 2 aromatic rings. The van der Waals surface area contributed by atoms with Gasteiger partial charge in [0, 0.05) is 18.7 Å². The highest BCUT2D eigenvalue weighted by Crippen LogP contribution is 2.29. The molecule has 2 aliphatic rings. The molecule has 0 radical (unpaired) electrons. The molecule has 0 bridgehead atoms. The number of furan rings is 1. The average molecular weight is 370 g/mol. The Bertz CT molecular complexity index is 774. The lowest BCUT2D eigenvalue weighted by Gasteiger charge is -2.36. The van der Waals surface area contributed by atoms with Crippen LogP contribution in [-0.4, -0.2) is 41.8 Å². The van der Waals surface area contributed by atoms with E-state index in [1.807, 2.05) is 12.1 Å². The highest BCUT2D eigenvalue weighted by molar-refractivity contribution is 5.90. The largest absolute Gasteiger partial charge is 0.467 e. The van der Waals surface area contributed by atoms with Gasteiger partial charge in [-0.2, -0.15) is 0 Å². The van der Waals surface area contributed by atoms with Gasteiger partial charge < -0.3 is 24.5 Å². The predicted molar refractivity (Wildman–Crippen MR) is 102 cm³/mol. The SMILES string of the molecule is O=C(Nc1cccc2c1CCCC2)N1CCOC[C@@H]1C[C@H](O)c1ccco1. The number of nitrogens with one attached hydrogen (secondary N) is 1. The Labute approximate surface area is 159 Å². The lowest BCUT2D eigenvalue weighted by Crippen LogP contribution is -2.51. The first-order valence-electron chi connectivity index (χ1n) is 9.70. The molecular weight excluding hydrogens is 344 g/mol. The van der Waals surface area contributed by atoms with Crippen LogP contribution in [0.1, 0.15) is 42.3 Å². The summed E-state index contributed by atoms with van der Waals surface area (Å²) in [5.41, 5.74) is 3.51. The number of morpholine rings is 1. The monoisotopic (exact) mass is 370 g/mol. The number of hydrogen-bond acceptors (Lipinski definition) is 4. The number of urea groups is 1.